The minimum absolute atomic E-state index is 0.00753. The number of ether oxygens (including phenoxy) is 2. The van der Waals surface area contributed by atoms with Crippen LogP contribution in [0.15, 0.2) is 48.5 Å². The van der Waals surface area contributed by atoms with Crippen molar-refractivity contribution in [2.75, 3.05) is 6.61 Å². The van der Waals surface area contributed by atoms with Crippen molar-refractivity contribution in [2.24, 2.45) is 0 Å². The fraction of sp³-hybridized carbons (Fsp3) is 0.269. The molecular weight excluding hydrogens is 433 g/mol. The molecule has 0 radical (unpaired) electrons. The second-order valence-electron chi connectivity index (χ2n) is 8.50. The minimum Gasteiger partial charge on any atom is -0.492 e. The largest absolute Gasteiger partial charge is 0.492 e. The molecule has 0 saturated heterocycles. The Morgan fingerprint density at radius 1 is 1.06 bits per heavy atom. The predicted octanol–water partition coefficient (Wildman–Crippen LogP) is 5.71. The molecule has 4 nitrogen and oxygen atoms in total. The van der Waals surface area contributed by atoms with Crippen LogP contribution in [0.2, 0.25) is 0 Å². The van der Waals surface area contributed by atoms with Crippen molar-refractivity contribution in [3.8, 4) is 11.5 Å². The normalized spacial score (nSPS) is 18.5. The third-order valence-corrected chi connectivity index (χ3v) is 6.26. The Balaban J connectivity index is 1.38. The fourth-order valence-electron chi connectivity index (χ4n) is 4.84. The zero-order chi connectivity index (χ0) is 23.1. The first-order chi connectivity index (χ1) is 15.9. The Bertz CT molecular complexity index is 1220. The molecule has 3 aromatic carbocycles. The van der Waals surface area contributed by atoms with Gasteiger partial charge in [-0.15, -0.1) is 0 Å². The minimum atomic E-state index is -0.883. The number of halogens is 3. The van der Waals surface area contributed by atoms with Gasteiger partial charge in [-0.3, -0.25) is 4.79 Å². The lowest BCUT2D eigenvalue weighted by atomic mass is 9.96. The topological polar surface area (TPSA) is 55.8 Å². The third-order valence-electron chi connectivity index (χ3n) is 6.26. The van der Waals surface area contributed by atoms with Gasteiger partial charge in [0.15, 0.2) is 0 Å². The molecule has 2 aliphatic rings. The molecule has 1 aliphatic carbocycles. The van der Waals surface area contributed by atoms with Crippen LogP contribution in [0.3, 0.4) is 0 Å². The van der Waals surface area contributed by atoms with Gasteiger partial charge in [0.05, 0.1) is 13.0 Å². The molecule has 0 aromatic heterocycles. The summed E-state index contributed by atoms with van der Waals surface area (Å²) >= 11 is 0. The molecule has 170 valence electrons. The number of benzene rings is 3. The summed E-state index contributed by atoms with van der Waals surface area (Å²) in [6.07, 6.45) is 0.944. The molecule has 0 amide bonds. The number of rotatable bonds is 6. The summed E-state index contributed by atoms with van der Waals surface area (Å²) < 4.78 is 53.7. The molecule has 5 rings (SSSR count). The number of fused-ring (bicyclic) bond motifs is 2. The summed E-state index contributed by atoms with van der Waals surface area (Å²) in [5.41, 5.74) is 3.40. The van der Waals surface area contributed by atoms with Crippen molar-refractivity contribution in [2.45, 2.75) is 37.7 Å². The third kappa shape index (κ3) is 4.27. The summed E-state index contributed by atoms with van der Waals surface area (Å²) in [6, 6.07) is 11.7. The summed E-state index contributed by atoms with van der Waals surface area (Å²) in [5, 5.41) is 9.05. The van der Waals surface area contributed by atoms with Crippen LogP contribution in [-0.2, 0) is 17.6 Å². The molecule has 0 fully saturated rings. The molecule has 2 atom stereocenters. The van der Waals surface area contributed by atoms with Gasteiger partial charge in [-0.1, -0.05) is 12.1 Å². The van der Waals surface area contributed by atoms with E-state index in [0.717, 1.165) is 22.8 Å². The summed E-state index contributed by atoms with van der Waals surface area (Å²) in [4.78, 5) is 11.0. The quantitative estimate of drug-likeness (QED) is 0.518. The van der Waals surface area contributed by atoms with Crippen molar-refractivity contribution < 1.29 is 32.5 Å². The standard InChI is InChI=1S/C26H21F3O4/c27-17-8-14(9-18(28)11-17)7-15-1-5-22(29)26-21(15)4-6-23(26)33-19-2-3-20-16(10-25(30)31)13-32-24(20)12-19/h1-3,5,8-9,11-12,16,23H,4,6-7,10,13H2,(H,30,31). The van der Waals surface area contributed by atoms with Gasteiger partial charge in [0.1, 0.15) is 35.1 Å². The van der Waals surface area contributed by atoms with Crippen LogP contribution in [0, 0.1) is 17.5 Å². The van der Waals surface area contributed by atoms with E-state index in [0.29, 0.717) is 48.5 Å². The molecule has 0 bridgehead atoms. The second kappa shape index (κ2) is 8.46. The van der Waals surface area contributed by atoms with E-state index in [-0.39, 0.29) is 18.2 Å². The molecule has 2 unspecified atom stereocenters. The lowest BCUT2D eigenvalue weighted by Crippen LogP contribution is -2.07. The lowest BCUT2D eigenvalue weighted by Gasteiger charge is -2.17. The van der Waals surface area contributed by atoms with Crippen molar-refractivity contribution in [3.63, 3.8) is 0 Å². The molecule has 0 saturated carbocycles. The summed E-state index contributed by atoms with van der Waals surface area (Å²) in [6.45, 7) is 0.302. The Morgan fingerprint density at radius 3 is 2.61 bits per heavy atom. The highest BCUT2D eigenvalue weighted by Gasteiger charge is 2.31. The molecule has 1 N–H and O–H groups in total. The maximum atomic E-state index is 14.8. The van der Waals surface area contributed by atoms with Gasteiger partial charge in [-0.25, -0.2) is 13.2 Å². The van der Waals surface area contributed by atoms with Crippen LogP contribution in [0.1, 0.15) is 52.7 Å². The zero-order valence-corrected chi connectivity index (χ0v) is 17.6. The molecule has 33 heavy (non-hydrogen) atoms. The van der Waals surface area contributed by atoms with Crippen LogP contribution in [0.25, 0.3) is 0 Å². The number of carboxylic acids is 1. The number of carboxylic acid groups (broad SMARTS) is 1. The Labute approximate surface area is 188 Å². The van der Waals surface area contributed by atoms with E-state index in [2.05, 4.69) is 0 Å². The first-order valence-electron chi connectivity index (χ1n) is 10.8. The highest BCUT2D eigenvalue weighted by Crippen LogP contribution is 2.42. The lowest BCUT2D eigenvalue weighted by molar-refractivity contribution is -0.137. The fourth-order valence-corrected chi connectivity index (χ4v) is 4.84. The predicted molar refractivity (Wildman–Crippen MR) is 114 cm³/mol. The maximum Gasteiger partial charge on any atom is 0.304 e. The molecule has 0 spiro atoms. The maximum absolute atomic E-state index is 14.8. The van der Waals surface area contributed by atoms with E-state index in [4.69, 9.17) is 14.6 Å². The van der Waals surface area contributed by atoms with E-state index < -0.39 is 23.7 Å². The van der Waals surface area contributed by atoms with Gasteiger partial charge in [0.25, 0.3) is 0 Å². The average molecular weight is 454 g/mol. The van der Waals surface area contributed by atoms with Gasteiger partial charge in [-0.2, -0.15) is 0 Å². The molecule has 3 aromatic rings. The van der Waals surface area contributed by atoms with Crippen molar-refractivity contribution in [3.05, 3.63) is 93.8 Å². The average Bonchev–Trinajstić information content (AvgIpc) is 3.34. The number of carbonyl (C=O) groups is 1. The van der Waals surface area contributed by atoms with Crippen LogP contribution in [0.5, 0.6) is 11.5 Å². The smallest absolute Gasteiger partial charge is 0.304 e. The Morgan fingerprint density at radius 2 is 1.85 bits per heavy atom. The highest BCUT2D eigenvalue weighted by molar-refractivity contribution is 5.68. The van der Waals surface area contributed by atoms with Crippen LogP contribution in [0.4, 0.5) is 13.2 Å². The number of hydrogen-bond acceptors (Lipinski definition) is 3. The van der Waals surface area contributed by atoms with Gasteiger partial charge in [0, 0.05) is 29.2 Å². The number of aliphatic carboxylic acids is 1. The SMILES string of the molecule is O=C(O)CC1COc2cc(OC3CCc4c(Cc5cc(F)cc(F)c5)ccc(F)c43)ccc21. The van der Waals surface area contributed by atoms with E-state index in [1.54, 1.807) is 24.3 Å². The van der Waals surface area contributed by atoms with Gasteiger partial charge in [-0.05, 0) is 60.2 Å². The highest BCUT2D eigenvalue weighted by atomic mass is 19.1. The molecular formula is C26H21F3O4. The van der Waals surface area contributed by atoms with Crippen molar-refractivity contribution in [1.29, 1.82) is 0 Å². The zero-order valence-electron chi connectivity index (χ0n) is 17.6. The first-order valence-corrected chi connectivity index (χ1v) is 10.8. The van der Waals surface area contributed by atoms with Gasteiger partial charge < -0.3 is 14.6 Å². The van der Waals surface area contributed by atoms with E-state index in [1.807, 2.05) is 0 Å². The van der Waals surface area contributed by atoms with Crippen molar-refractivity contribution in [1.82, 2.24) is 0 Å². The van der Waals surface area contributed by atoms with Gasteiger partial charge >= 0.3 is 5.97 Å². The van der Waals surface area contributed by atoms with E-state index in [9.17, 15) is 18.0 Å². The van der Waals surface area contributed by atoms with E-state index in [1.165, 1.54) is 18.2 Å². The molecule has 7 heteroatoms. The number of hydrogen-bond donors (Lipinski definition) is 1. The van der Waals surface area contributed by atoms with E-state index >= 15 is 0 Å². The second-order valence-corrected chi connectivity index (χ2v) is 8.50. The monoisotopic (exact) mass is 454 g/mol. The summed E-state index contributed by atoms with van der Waals surface area (Å²) in [7, 11) is 0. The Kier molecular flexibility index (Phi) is 5.48. The van der Waals surface area contributed by atoms with Crippen LogP contribution < -0.4 is 9.47 Å². The van der Waals surface area contributed by atoms with Crippen LogP contribution in [-0.4, -0.2) is 17.7 Å². The molecule has 1 heterocycles. The van der Waals surface area contributed by atoms with Crippen LogP contribution >= 0.6 is 0 Å². The van der Waals surface area contributed by atoms with Gasteiger partial charge in [0.2, 0.25) is 0 Å². The van der Waals surface area contributed by atoms with Crippen molar-refractivity contribution >= 4 is 5.97 Å². The summed E-state index contributed by atoms with van der Waals surface area (Å²) in [5.74, 6) is -1.65. The first kappa shape index (κ1) is 21.4. The Hall–Kier alpha value is -3.48. The molecule has 1 aliphatic heterocycles.